The normalized spacial score (nSPS) is 17.3. The van der Waals surface area contributed by atoms with Crippen LogP contribution in [0.2, 0.25) is 0 Å². The van der Waals surface area contributed by atoms with Crippen molar-refractivity contribution in [2.45, 2.75) is 57.4 Å². The molecule has 0 spiro atoms. The smallest absolute Gasteiger partial charge is 0.407 e. The Kier molecular flexibility index (Phi) is 7.43. The number of nitrogens with one attached hydrogen (secondary N) is 2. The fraction of sp³-hybridized carbons (Fsp3) is 0.464. The molecular formula is C28H34N2O5. The second-order valence-electron chi connectivity index (χ2n) is 9.88. The summed E-state index contributed by atoms with van der Waals surface area (Å²) in [6.45, 7) is 3.74. The lowest BCUT2D eigenvalue weighted by Crippen LogP contribution is -2.56. The number of hydrogen-bond acceptors (Lipinski definition) is 4. The van der Waals surface area contributed by atoms with Crippen LogP contribution in [0.4, 0.5) is 4.79 Å². The molecule has 0 radical (unpaired) electrons. The Hall–Kier alpha value is -3.35. The number of carbonyl (C=O) groups excluding carboxylic acids is 2. The van der Waals surface area contributed by atoms with Gasteiger partial charge in [-0.15, -0.1) is 0 Å². The van der Waals surface area contributed by atoms with Crippen molar-refractivity contribution in [3.05, 3.63) is 59.7 Å². The first kappa shape index (κ1) is 24.8. The van der Waals surface area contributed by atoms with Crippen molar-refractivity contribution in [2.75, 3.05) is 13.2 Å². The molecule has 2 unspecified atom stereocenters. The molecule has 0 saturated heterocycles. The number of amides is 2. The molecule has 1 saturated carbocycles. The molecule has 7 heteroatoms. The summed E-state index contributed by atoms with van der Waals surface area (Å²) in [5.41, 5.74) is 3.27. The number of benzene rings is 2. The van der Waals surface area contributed by atoms with Crippen LogP contribution in [0, 0.1) is 11.8 Å². The molecule has 2 atom stereocenters. The average Bonchev–Trinajstić information content (AvgIpc) is 3.12. The first-order valence-corrected chi connectivity index (χ1v) is 12.5. The number of hydrogen-bond donors (Lipinski definition) is 3. The van der Waals surface area contributed by atoms with Gasteiger partial charge in [0.1, 0.15) is 12.1 Å². The van der Waals surface area contributed by atoms with Gasteiger partial charge in [-0.1, -0.05) is 68.3 Å². The molecule has 0 aliphatic heterocycles. The fourth-order valence-electron chi connectivity index (χ4n) is 5.25. The van der Waals surface area contributed by atoms with E-state index in [0.29, 0.717) is 12.8 Å². The lowest BCUT2D eigenvalue weighted by molar-refractivity contribution is -0.148. The van der Waals surface area contributed by atoms with Gasteiger partial charge in [-0.2, -0.15) is 0 Å². The summed E-state index contributed by atoms with van der Waals surface area (Å²) in [4.78, 5) is 37.4. The summed E-state index contributed by atoms with van der Waals surface area (Å²) in [5.74, 6) is -1.77. The molecule has 7 nitrogen and oxygen atoms in total. The molecule has 2 aliphatic rings. The molecule has 3 N–H and O–H groups in total. The van der Waals surface area contributed by atoms with Crippen LogP contribution < -0.4 is 10.6 Å². The topological polar surface area (TPSA) is 105 Å². The van der Waals surface area contributed by atoms with Crippen molar-refractivity contribution in [2.24, 2.45) is 11.8 Å². The number of aliphatic carboxylic acids is 1. The molecule has 1 fully saturated rings. The van der Waals surface area contributed by atoms with E-state index in [1.165, 1.54) is 6.92 Å². The summed E-state index contributed by atoms with van der Waals surface area (Å²) in [6, 6.07) is 16.3. The van der Waals surface area contributed by atoms with E-state index < -0.39 is 23.5 Å². The molecule has 2 aliphatic carbocycles. The number of rotatable bonds is 10. The molecule has 186 valence electrons. The lowest BCUT2D eigenvalue weighted by atomic mass is 9.75. The molecule has 0 heterocycles. The summed E-state index contributed by atoms with van der Waals surface area (Å²) in [6.07, 6.45) is 3.22. The third-order valence-corrected chi connectivity index (χ3v) is 7.49. The Morgan fingerprint density at radius 2 is 1.66 bits per heavy atom. The highest BCUT2D eigenvalue weighted by molar-refractivity contribution is 5.88. The summed E-state index contributed by atoms with van der Waals surface area (Å²) in [5, 5.41) is 15.1. The van der Waals surface area contributed by atoms with Gasteiger partial charge >= 0.3 is 12.1 Å². The first-order valence-electron chi connectivity index (χ1n) is 12.5. The van der Waals surface area contributed by atoms with Crippen molar-refractivity contribution < 1.29 is 24.2 Å². The number of carboxylic acids is 1. The quantitative estimate of drug-likeness (QED) is 0.459. The van der Waals surface area contributed by atoms with Crippen LogP contribution in [-0.2, 0) is 14.3 Å². The average molecular weight is 479 g/mol. The molecular weight excluding hydrogens is 444 g/mol. The van der Waals surface area contributed by atoms with Crippen LogP contribution >= 0.6 is 0 Å². The zero-order valence-corrected chi connectivity index (χ0v) is 20.4. The second kappa shape index (κ2) is 10.5. The third-order valence-electron chi connectivity index (χ3n) is 7.49. The standard InChI is InChI=1S/C28H34N2O5/c1-3-15-28(2,26(32)33)30-25(31)23(18-9-8-10-18)16-29-27(34)35-17-24-21-13-6-4-11-19(21)20-12-5-7-14-22(20)24/h4-7,11-14,18,23-24H,3,8-10,15-17H2,1-2H3,(H,29,34)(H,30,31)(H,32,33). The molecule has 0 aromatic heterocycles. The van der Waals surface area contributed by atoms with Gasteiger partial charge in [0, 0.05) is 12.5 Å². The van der Waals surface area contributed by atoms with Crippen molar-refractivity contribution in [3.63, 3.8) is 0 Å². The van der Waals surface area contributed by atoms with Gasteiger partial charge < -0.3 is 20.5 Å². The van der Waals surface area contributed by atoms with E-state index in [-0.39, 0.29) is 30.9 Å². The van der Waals surface area contributed by atoms with Crippen molar-refractivity contribution in [1.82, 2.24) is 10.6 Å². The zero-order chi connectivity index (χ0) is 25.0. The minimum Gasteiger partial charge on any atom is -0.480 e. The van der Waals surface area contributed by atoms with Crippen molar-refractivity contribution in [3.8, 4) is 11.1 Å². The highest BCUT2D eigenvalue weighted by Gasteiger charge is 2.39. The van der Waals surface area contributed by atoms with Crippen LogP contribution in [0.5, 0.6) is 0 Å². The van der Waals surface area contributed by atoms with Gasteiger partial charge in [-0.25, -0.2) is 9.59 Å². The lowest BCUT2D eigenvalue weighted by Gasteiger charge is -2.35. The third kappa shape index (κ3) is 5.19. The maximum atomic E-state index is 13.1. The first-order chi connectivity index (χ1) is 16.8. The van der Waals surface area contributed by atoms with E-state index in [0.717, 1.165) is 41.5 Å². The van der Waals surface area contributed by atoms with Gasteiger partial charge in [-0.05, 0) is 54.4 Å². The van der Waals surface area contributed by atoms with Crippen LogP contribution in [0.3, 0.4) is 0 Å². The SMILES string of the molecule is CCCC(C)(NC(=O)C(CNC(=O)OCC1c2ccccc2-c2ccccc21)C1CCC1)C(=O)O. The van der Waals surface area contributed by atoms with E-state index >= 15 is 0 Å². The maximum absolute atomic E-state index is 13.1. The number of carbonyl (C=O) groups is 3. The molecule has 2 aromatic rings. The van der Waals surface area contributed by atoms with Crippen molar-refractivity contribution in [1.29, 1.82) is 0 Å². The number of ether oxygens (including phenoxy) is 1. The van der Waals surface area contributed by atoms with Gasteiger partial charge in [0.15, 0.2) is 0 Å². The fourth-order valence-corrected chi connectivity index (χ4v) is 5.25. The minimum atomic E-state index is -1.32. The Balaban J connectivity index is 1.37. The van der Waals surface area contributed by atoms with Crippen LogP contribution in [0.15, 0.2) is 48.5 Å². The van der Waals surface area contributed by atoms with Crippen LogP contribution in [0.25, 0.3) is 11.1 Å². The molecule has 4 rings (SSSR count). The van der Waals surface area contributed by atoms with E-state index in [4.69, 9.17) is 4.74 Å². The van der Waals surface area contributed by atoms with Gasteiger partial charge in [0.05, 0.1) is 5.92 Å². The van der Waals surface area contributed by atoms with E-state index in [1.54, 1.807) is 0 Å². The van der Waals surface area contributed by atoms with Gasteiger partial charge in [-0.3, -0.25) is 4.79 Å². The molecule has 2 amide bonds. The Bertz CT molecular complexity index is 1050. The molecule has 35 heavy (non-hydrogen) atoms. The highest BCUT2D eigenvalue weighted by atomic mass is 16.5. The largest absolute Gasteiger partial charge is 0.480 e. The Morgan fingerprint density at radius 1 is 1.06 bits per heavy atom. The highest BCUT2D eigenvalue weighted by Crippen LogP contribution is 2.44. The van der Waals surface area contributed by atoms with E-state index in [2.05, 4.69) is 34.9 Å². The van der Waals surface area contributed by atoms with Crippen LogP contribution in [-0.4, -0.2) is 41.8 Å². The minimum absolute atomic E-state index is 0.0378. The zero-order valence-electron chi connectivity index (χ0n) is 20.4. The number of alkyl carbamates (subject to hydrolysis) is 1. The monoisotopic (exact) mass is 478 g/mol. The maximum Gasteiger partial charge on any atom is 0.407 e. The molecule has 0 bridgehead atoms. The summed E-state index contributed by atoms with van der Waals surface area (Å²) < 4.78 is 5.60. The number of carboxylic acid groups (broad SMARTS) is 1. The predicted octanol–water partition coefficient (Wildman–Crippen LogP) is 4.70. The second-order valence-corrected chi connectivity index (χ2v) is 9.88. The summed E-state index contributed by atoms with van der Waals surface area (Å²) in [7, 11) is 0. The summed E-state index contributed by atoms with van der Waals surface area (Å²) >= 11 is 0. The number of fused-ring (bicyclic) bond motifs is 3. The van der Waals surface area contributed by atoms with E-state index in [1.807, 2.05) is 31.2 Å². The molecule has 2 aromatic carbocycles. The Labute approximate surface area is 206 Å². The van der Waals surface area contributed by atoms with Crippen molar-refractivity contribution >= 4 is 18.0 Å². The van der Waals surface area contributed by atoms with Crippen LogP contribution in [0.1, 0.15) is 63.0 Å². The van der Waals surface area contributed by atoms with Gasteiger partial charge in [0.2, 0.25) is 5.91 Å². The predicted molar refractivity (Wildman–Crippen MR) is 133 cm³/mol. The Morgan fingerprint density at radius 3 is 2.17 bits per heavy atom. The van der Waals surface area contributed by atoms with Gasteiger partial charge in [0.25, 0.3) is 0 Å². The van der Waals surface area contributed by atoms with E-state index in [9.17, 15) is 19.5 Å².